The monoisotopic (exact) mass is 882 g/mol. The first kappa shape index (κ1) is 48.8. The SMILES string of the molecule is CCCC(NC(=O)[C@@H]1C[C@@H](NS(=O)(=O)c2ccc(NC(C)=O)cc2)CN1C(=O)[C@@H](NC(=O)OCC(C)C)C1CCCCC1)C(=O)C(=O)NCC(=O)N[C@H](C(N)=O)c1ccccc1. The van der Waals surface area contributed by atoms with Crippen molar-refractivity contribution in [1.29, 1.82) is 0 Å². The van der Waals surface area contributed by atoms with Gasteiger partial charge in [0.2, 0.25) is 45.3 Å². The molecule has 2 aromatic rings. The number of nitrogens with two attached hydrogens (primary N) is 1. The van der Waals surface area contributed by atoms with Gasteiger partial charge in [0.1, 0.15) is 18.1 Å². The van der Waals surface area contributed by atoms with Crippen LogP contribution >= 0.6 is 0 Å². The fourth-order valence-corrected chi connectivity index (χ4v) is 8.71. The predicted molar refractivity (Wildman–Crippen MR) is 226 cm³/mol. The molecule has 8 N–H and O–H groups in total. The van der Waals surface area contributed by atoms with Crippen LogP contribution < -0.4 is 37.0 Å². The molecule has 1 heterocycles. The summed E-state index contributed by atoms with van der Waals surface area (Å²) in [4.78, 5) is 106. The molecule has 1 aliphatic heterocycles. The van der Waals surface area contributed by atoms with Crippen LogP contribution in [0.3, 0.4) is 0 Å². The minimum Gasteiger partial charge on any atom is -0.449 e. The second-order valence-electron chi connectivity index (χ2n) is 16.0. The van der Waals surface area contributed by atoms with Crippen LogP contribution in [0.1, 0.15) is 90.7 Å². The Morgan fingerprint density at radius 3 is 2.15 bits per heavy atom. The Balaban J connectivity index is 1.55. The van der Waals surface area contributed by atoms with E-state index >= 15 is 0 Å². The number of carbonyl (C=O) groups is 8. The number of nitrogens with zero attached hydrogens (tertiary/aromatic N) is 1. The lowest BCUT2D eigenvalue weighted by Crippen LogP contribution is -2.58. The van der Waals surface area contributed by atoms with E-state index < -0.39 is 88.2 Å². The van der Waals surface area contributed by atoms with E-state index in [1.165, 1.54) is 36.1 Å². The quantitative estimate of drug-likeness (QED) is 0.0937. The van der Waals surface area contributed by atoms with E-state index in [1.807, 2.05) is 13.8 Å². The molecule has 1 unspecified atom stereocenters. The molecule has 338 valence electrons. The maximum atomic E-state index is 14.6. The lowest BCUT2D eigenvalue weighted by Gasteiger charge is -2.34. The van der Waals surface area contributed by atoms with Crippen LogP contribution in [-0.2, 0) is 48.3 Å². The van der Waals surface area contributed by atoms with E-state index in [9.17, 15) is 46.8 Å². The smallest absolute Gasteiger partial charge is 0.407 e. The fourth-order valence-electron chi connectivity index (χ4n) is 7.47. The summed E-state index contributed by atoms with van der Waals surface area (Å²) in [6.45, 7) is 5.83. The third kappa shape index (κ3) is 14.1. The second kappa shape index (κ2) is 22.8. The summed E-state index contributed by atoms with van der Waals surface area (Å²) in [5.41, 5.74) is 6.24. The highest BCUT2D eigenvalue weighted by Crippen LogP contribution is 2.30. The van der Waals surface area contributed by atoms with Crippen molar-refractivity contribution in [3.8, 4) is 0 Å². The first-order valence-corrected chi connectivity index (χ1v) is 22.3. The van der Waals surface area contributed by atoms with Crippen LogP contribution in [-0.4, -0.2) is 105 Å². The average molecular weight is 883 g/mol. The maximum Gasteiger partial charge on any atom is 0.407 e. The molecule has 19 nitrogen and oxygen atoms in total. The molecular formula is C42H58N8O11S. The Hall–Kier alpha value is -5.89. The number of sulfonamides is 1. The number of benzene rings is 2. The summed E-state index contributed by atoms with van der Waals surface area (Å²) in [5, 5.41) is 12.5. The van der Waals surface area contributed by atoms with Gasteiger partial charge in [0.25, 0.3) is 5.91 Å². The average Bonchev–Trinajstić information content (AvgIpc) is 3.66. The van der Waals surface area contributed by atoms with Crippen molar-refractivity contribution in [3.63, 3.8) is 0 Å². The van der Waals surface area contributed by atoms with Crippen LogP contribution in [0.2, 0.25) is 0 Å². The van der Waals surface area contributed by atoms with Gasteiger partial charge in [-0.25, -0.2) is 17.9 Å². The van der Waals surface area contributed by atoms with Crippen molar-refractivity contribution < 1.29 is 51.5 Å². The molecule has 1 saturated heterocycles. The van der Waals surface area contributed by atoms with E-state index in [0.29, 0.717) is 30.5 Å². The summed E-state index contributed by atoms with van der Waals surface area (Å²) in [5.74, 6) is -6.11. The van der Waals surface area contributed by atoms with Gasteiger partial charge in [-0.2, -0.15) is 0 Å². The Labute approximate surface area is 361 Å². The molecule has 0 aromatic heterocycles. The molecule has 1 aliphatic carbocycles. The molecule has 20 heteroatoms. The number of Topliss-reactive ketones (excluding diaryl/α,β-unsaturated/α-hetero) is 1. The van der Waals surface area contributed by atoms with Gasteiger partial charge in [-0.1, -0.05) is 76.8 Å². The lowest BCUT2D eigenvalue weighted by molar-refractivity contribution is -0.143. The minimum atomic E-state index is -4.25. The number of hydrogen-bond donors (Lipinski definition) is 7. The molecule has 62 heavy (non-hydrogen) atoms. The highest BCUT2D eigenvalue weighted by molar-refractivity contribution is 7.89. The fraction of sp³-hybridized carbons (Fsp3) is 0.524. The molecule has 1 saturated carbocycles. The number of amides is 7. The molecule has 2 fully saturated rings. The van der Waals surface area contributed by atoms with Crippen LogP contribution in [0, 0.1) is 11.8 Å². The largest absolute Gasteiger partial charge is 0.449 e. The molecule has 0 spiro atoms. The number of rotatable bonds is 20. The molecule has 4 rings (SSSR count). The van der Waals surface area contributed by atoms with E-state index in [4.69, 9.17) is 10.5 Å². The molecular weight excluding hydrogens is 825 g/mol. The van der Waals surface area contributed by atoms with Gasteiger partial charge in [-0.05, 0) is 67.3 Å². The Morgan fingerprint density at radius 2 is 1.55 bits per heavy atom. The summed E-state index contributed by atoms with van der Waals surface area (Å²) in [6.07, 6.45) is 3.00. The van der Waals surface area contributed by atoms with Crippen molar-refractivity contribution in [2.24, 2.45) is 17.6 Å². The van der Waals surface area contributed by atoms with Crippen molar-refractivity contribution >= 4 is 63.0 Å². The third-order valence-corrected chi connectivity index (χ3v) is 12.0. The standard InChI is InChI=1S/C42H58N8O11S/c1-5-12-32(37(53)40(56)44-22-34(52)47-35(38(43)54)27-13-8-6-9-14-27)46-39(55)33-21-30(49-62(59,60)31-19-17-29(18-20-31)45-26(4)51)23-50(33)41(57)36(28-15-10-7-11-16-28)48-42(58)61-24-25(2)3/h6,8-9,13-14,17-20,25,28,30,32-33,35-36,49H,5,7,10-12,15-16,21-24H2,1-4H3,(H2,43,54)(H,44,56)(H,45,51)(H,46,55)(H,47,52)(H,48,58)/t30-,32?,33+,35+,36+/m1/s1. The molecule has 5 atom stereocenters. The summed E-state index contributed by atoms with van der Waals surface area (Å²) < 4.78 is 35.2. The van der Waals surface area contributed by atoms with Crippen molar-refractivity contribution in [1.82, 2.24) is 30.9 Å². The van der Waals surface area contributed by atoms with Crippen LogP contribution in [0.4, 0.5) is 10.5 Å². The zero-order chi connectivity index (χ0) is 45.6. The first-order valence-electron chi connectivity index (χ1n) is 20.8. The molecule has 0 radical (unpaired) electrons. The predicted octanol–water partition coefficient (Wildman–Crippen LogP) is 1.54. The lowest BCUT2D eigenvalue weighted by atomic mass is 9.83. The van der Waals surface area contributed by atoms with Crippen LogP contribution in [0.5, 0.6) is 0 Å². The van der Waals surface area contributed by atoms with Crippen molar-refractivity contribution in [3.05, 3.63) is 60.2 Å². The third-order valence-electron chi connectivity index (χ3n) is 10.5. The summed E-state index contributed by atoms with van der Waals surface area (Å²) >= 11 is 0. The number of nitrogens with one attached hydrogen (secondary N) is 6. The Kier molecular flexibility index (Phi) is 17.9. The number of alkyl carbamates (subject to hydrolysis) is 1. The van der Waals surface area contributed by atoms with Crippen LogP contribution in [0.25, 0.3) is 0 Å². The van der Waals surface area contributed by atoms with Crippen molar-refractivity contribution in [2.75, 3.05) is 25.0 Å². The number of carbonyl (C=O) groups excluding carboxylic acids is 8. The number of ketones is 1. The Morgan fingerprint density at radius 1 is 0.887 bits per heavy atom. The topological polar surface area (TPSA) is 281 Å². The van der Waals surface area contributed by atoms with Crippen molar-refractivity contribution in [2.45, 2.75) is 114 Å². The molecule has 2 aliphatic rings. The number of primary amides is 1. The highest BCUT2D eigenvalue weighted by atomic mass is 32.2. The van der Waals surface area contributed by atoms with Gasteiger partial charge in [-0.15, -0.1) is 0 Å². The molecule has 2 aromatic carbocycles. The number of hydrogen-bond acceptors (Lipinski definition) is 11. The van der Waals surface area contributed by atoms with E-state index in [0.717, 1.165) is 19.3 Å². The van der Waals surface area contributed by atoms with E-state index in [2.05, 4.69) is 31.3 Å². The van der Waals surface area contributed by atoms with E-state index in [1.54, 1.807) is 37.3 Å². The van der Waals surface area contributed by atoms with Gasteiger partial charge >= 0.3 is 6.09 Å². The van der Waals surface area contributed by atoms with E-state index in [-0.39, 0.29) is 48.6 Å². The molecule has 7 amide bonds. The maximum absolute atomic E-state index is 14.6. The van der Waals surface area contributed by atoms with Gasteiger partial charge in [0.05, 0.1) is 24.1 Å². The van der Waals surface area contributed by atoms with Gasteiger partial charge in [0.15, 0.2) is 0 Å². The van der Waals surface area contributed by atoms with Gasteiger partial charge < -0.3 is 42.0 Å². The highest BCUT2D eigenvalue weighted by Gasteiger charge is 2.46. The van der Waals surface area contributed by atoms with Gasteiger partial charge in [0, 0.05) is 25.2 Å². The van der Waals surface area contributed by atoms with Gasteiger partial charge in [-0.3, -0.25) is 33.6 Å². The Bertz CT molecular complexity index is 2040. The number of ether oxygens (including phenoxy) is 1. The first-order chi connectivity index (χ1) is 29.4. The summed E-state index contributed by atoms with van der Waals surface area (Å²) in [6, 6.07) is 7.44. The number of anilines is 1. The van der Waals surface area contributed by atoms with Crippen LogP contribution in [0.15, 0.2) is 59.5 Å². The summed E-state index contributed by atoms with van der Waals surface area (Å²) in [7, 11) is -4.25. The minimum absolute atomic E-state index is 0.0125. The second-order valence-corrected chi connectivity index (χ2v) is 17.7. The zero-order valence-electron chi connectivity index (χ0n) is 35.4. The zero-order valence-corrected chi connectivity index (χ0v) is 36.3. The number of likely N-dealkylation sites (tertiary alicyclic amines) is 1. The molecule has 0 bridgehead atoms. The normalized spacial score (nSPS) is 18.1.